The Morgan fingerprint density at radius 2 is 1.90 bits per heavy atom. The minimum absolute atomic E-state index is 0.00902. The van der Waals surface area contributed by atoms with Gasteiger partial charge in [-0.2, -0.15) is 0 Å². The molecule has 1 saturated carbocycles. The average Bonchev–Trinajstić information content (AvgIpc) is 2.46. The average molecular weight is 294 g/mol. The van der Waals surface area contributed by atoms with Crippen molar-refractivity contribution < 1.29 is 4.79 Å². The Morgan fingerprint density at radius 3 is 2.50 bits per heavy atom. The number of benzene rings is 1. The summed E-state index contributed by atoms with van der Waals surface area (Å²) in [7, 11) is 0. The molecule has 1 amide bonds. The molecule has 0 saturated heterocycles. The molecule has 0 aromatic heterocycles. The van der Waals surface area contributed by atoms with Gasteiger partial charge < -0.3 is 5.32 Å². The molecule has 2 nitrogen and oxygen atoms in total. The molecule has 0 spiro atoms. The monoisotopic (exact) mass is 293 g/mol. The second-order valence-corrected chi connectivity index (χ2v) is 6.61. The smallest absolute Gasteiger partial charge is 0.251 e. The second kappa shape index (κ2) is 7.12. The molecule has 2 unspecified atom stereocenters. The van der Waals surface area contributed by atoms with Crippen molar-refractivity contribution >= 4 is 17.5 Å². The summed E-state index contributed by atoms with van der Waals surface area (Å²) in [5.41, 5.74) is 1.99. The molecule has 0 radical (unpaired) electrons. The zero-order valence-electron chi connectivity index (χ0n) is 12.4. The van der Waals surface area contributed by atoms with Gasteiger partial charge in [0.15, 0.2) is 0 Å². The lowest BCUT2D eigenvalue weighted by Gasteiger charge is -2.27. The highest BCUT2D eigenvalue weighted by atomic mass is 35.5. The Hall–Kier alpha value is -1.02. The summed E-state index contributed by atoms with van der Waals surface area (Å²) in [5, 5.41) is 3.24. The third kappa shape index (κ3) is 3.99. The first-order valence-electron chi connectivity index (χ1n) is 7.60. The predicted molar refractivity (Wildman–Crippen MR) is 84.5 cm³/mol. The molecule has 1 aliphatic rings. The number of carbonyl (C=O) groups is 1. The molecule has 2 atom stereocenters. The van der Waals surface area contributed by atoms with Crippen molar-refractivity contribution in [2.24, 2.45) is 5.92 Å². The van der Waals surface area contributed by atoms with Crippen LogP contribution in [0.1, 0.15) is 61.4 Å². The molecular formula is C17H24ClNO. The summed E-state index contributed by atoms with van der Waals surface area (Å²) < 4.78 is 0. The van der Waals surface area contributed by atoms with E-state index in [1.807, 2.05) is 24.3 Å². The van der Waals surface area contributed by atoms with E-state index < -0.39 is 0 Å². The fraction of sp³-hybridized carbons (Fsp3) is 0.588. The molecule has 20 heavy (non-hydrogen) atoms. The molecule has 2 rings (SSSR count). The lowest BCUT2D eigenvalue weighted by molar-refractivity contribution is 0.0944. The summed E-state index contributed by atoms with van der Waals surface area (Å²) in [6.45, 7) is 5.00. The maximum Gasteiger partial charge on any atom is 0.251 e. The van der Waals surface area contributed by atoms with Gasteiger partial charge in [0.05, 0.1) is 0 Å². The zero-order valence-corrected chi connectivity index (χ0v) is 13.1. The van der Waals surface area contributed by atoms with Crippen molar-refractivity contribution in [3.8, 4) is 0 Å². The largest absolute Gasteiger partial charge is 0.352 e. The Bertz CT molecular complexity index is 441. The van der Waals surface area contributed by atoms with E-state index in [9.17, 15) is 4.79 Å². The van der Waals surface area contributed by atoms with Crippen LogP contribution in [0, 0.1) is 5.92 Å². The van der Waals surface area contributed by atoms with Gasteiger partial charge in [0.2, 0.25) is 0 Å². The number of nitrogens with one attached hydrogen (secondary N) is 1. The quantitative estimate of drug-likeness (QED) is 0.822. The molecule has 0 aliphatic heterocycles. The Kier molecular flexibility index (Phi) is 5.47. The van der Waals surface area contributed by atoms with Crippen LogP contribution in [0.2, 0.25) is 0 Å². The molecule has 110 valence electrons. The molecule has 0 bridgehead atoms. The maximum atomic E-state index is 12.1. The number of amides is 1. The summed E-state index contributed by atoms with van der Waals surface area (Å²) >= 11 is 6.32. The van der Waals surface area contributed by atoms with Crippen LogP contribution in [0.4, 0.5) is 0 Å². The van der Waals surface area contributed by atoms with Gasteiger partial charge >= 0.3 is 0 Å². The minimum Gasteiger partial charge on any atom is -0.352 e. The summed E-state index contributed by atoms with van der Waals surface area (Å²) in [5.74, 6) is 0.922. The minimum atomic E-state index is 0.00902. The predicted octanol–water partition coefficient (Wildman–Crippen LogP) is 4.34. The highest BCUT2D eigenvalue weighted by Crippen LogP contribution is 2.28. The number of rotatable bonds is 4. The van der Waals surface area contributed by atoms with Gasteiger partial charge in [0, 0.05) is 17.5 Å². The SMILES string of the molecule is CC(C)c1ccc(C(=O)NCC2CCCCC2Cl)cc1. The molecule has 0 heterocycles. The van der Waals surface area contributed by atoms with E-state index in [0.717, 1.165) is 18.4 Å². The first kappa shape index (κ1) is 15.4. The fourth-order valence-corrected chi connectivity index (χ4v) is 3.11. The molecular weight excluding hydrogens is 270 g/mol. The normalized spacial score (nSPS) is 22.8. The first-order valence-corrected chi connectivity index (χ1v) is 8.04. The number of carbonyl (C=O) groups excluding carboxylic acids is 1. The van der Waals surface area contributed by atoms with Gasteiger partial charge in [-0.15, -0.1) is 11.6 Å². The van der Waals surface area contributed by atoms with E-state index in [1.165, 1.54) is 18.4 Å². The number of alkyl halides is 1. The van der Waals surface area contributed by atoms with E-state index in [4.69, 9.17) is 11.6 Å². The molecule has 1 aliphatic carbocycles. The van der Waals surface area contributed by atoms with Crippen molar-refractivity contribution in [2.45, 2.75) is 50.8 Å². The third-order valence-electron chi connectivity index (χ3n) is 4.18. The first-order chi connectivity index (χ1) is 9.58. The van der Waals surface area contributed by atoms with Gasteiger partial charge in [-0.3, -0.25) is 4.79 Å². The second-order valence-electron chi connectivity index (χ2n) is 6.05. The lowest BCUT2D eigenvalue weighted by Crippen LogP contribution is -2.34. The number of hydrogen-bond donors (Lipinski definition) is 1. The van der Waals surface area contributed by atoms with Gasteiger partial charge in [0.1, 0.15) is 0 Å². The van der Waals surface area contributed by atoms with Crippen molar-refractivity contribution in [1.82, 2.24) is 5.32 Å². The number of hydrogen-bond acceptors (Lipinski definition) is 1. The molecule has 1 aromatic carbocycles. The van der Waals surface area contributed by atoms with E-state index in [1.54, 1.807) is 0 Å². The lowest BCUT2D eigenvalue weighted by atomic mass is 9.88. The standard InChI is InChI=1S/C17H24ClNO/c1-12(2)13-7-9-14(10-8-13)17(20)19-11-15-5-3-4-6-16(15)18/h7-10,12,15-16H,3-6,11H2,1-2H3,(H,19,20). The van der Waals surface area contributed by atoms with Crippen LogP contribution in [-0.4, -0.2) is 17.8 Å². The van der Waals surface area contributed by atoms with Crippen LogP contribution in [0.25, 0.3) is 0 Å². The van der Waals surface area contributed by atoms with E-state index in [0.29, 0.717) is 18.4 Å². The van der Waals surface area contributed by atoms with Crippen molar-refractivity contribution in [1.29, 1.82) is 0 Å². The molecule has 1 aromatic rings. The van der Waals surface area contributed by atoms with Crippen LogP contribution >= 0.6 is 11.6 Å². The van der Waals surface area contributed by atoms with Crippen LogP contribution in [-0.2, 0) is 0 Å². The van der Waals surface area contributed by atoms with Gasteiger partial charge in [-0.05, 0) is 42.4 Å². The van der Waals surface area contributed by atoms with Gasteiger partial charge in [-0.1, -0.05) is 38.8 Å². The topological polar surface area (TPSA) is 29.1 Å². The fourth-order valence-electron chi connectivity index (χ4n) is 2.74. The summed E-state index contributed by atoms with van der Waals surface area (Å²) in [6, 6.07) is 7.88. The van der Waals surface area contributed by atoms with Crippen LogP contribution in [0.5, 0.6) is 0 Å². The van der Waals surface area contributed by atoms with Crippen LogP contribution in [0.3, 0.4) is 0 Å². The zero-order chi connectivity index (χ0) is 14.5. The highest BCUT2D eigenvalue weighted by molar-refractivity contribution is 6.20. The third-order valence-corrected chi connectivity index (χ3v) is 4.76. The molecule has 1 N–H and O–H groups in total. The van der Waals surface area contributed by atoms with E-state index in [2.05, 4.69) is 19.2 Å². The van der Waals surface area contributed by atoms with E-state index >= 15 is 0 Å². The van der Waals surface area contributed by atoms with Crippen LogP contribution < -0.4 is 5.32 Å². The summed E-state index contributed by atoms with van der Waals surface area (Å²) in [6.07, 6.45) is 4.65. The van der Waals surface area contributed by atoms with Crippen molar-refractivity contribution in [2.75, 3.05) is 6.54 Å². The summed E-state index contributed by atoms with van der Waals surface area (Å²) in [4.78, 5) is 12.1. The Labute approximate surface area is 126 Å². The highest BCUT2D eigenvalue weighted by Gasteiger charge is 2.23. The van der Waals surface area contributed by atoms with Crippen molar-refractivity contribution in [3.05, 3.63) is 35.4 Å². The Balaban J connectivity index is 1.88. The van der Waals surface area contributed by atoms with Gasteiger partial charge in [0.25, 0.3) is 5.91 Å². The molecule has 3 heteroatoms. The van der Waals surface area contributed by atoms with Crippen LogP contribution in [0.15, 0.2) is 24.3 Å². The number of halogens is 1. The van der Waals surface area contributed by atoms with E-state index in [-0.39, 0.29) is 11.3 Å². The van der Waals surface area contributed by atoms with Crippen molar-refractivity contribution in [3.63, 3.8) is 0 Å². The Morgan fingerprint density at radius 1 is 1.25 bits per heavy atom. The molecule has 1 fully saturated rings. The van der Waals surface area contributed by atoms with Gasteiger partial charge in [-0.25, -0.2) is 0 Å². The maximum absolute atomic E-state index is 12.1.